The van der Waals surface area contributed by atoms with Gasteiger partial charge in [0.2, 0.25) is 0 Å². The fourth-order valence-corrected chi connectivity index (χ4v) is 1.43. The number of amides is 2. The third-order valence-corrected chi connectivity index (χ3v) is 2.10. The fraction of sp³-hybridized carbons (Fsp3) is 0.200. The van der Waals surface area contributed by atoms with E-state index in [1.54, 1.807) is 24.3 Å². The first kappa shape index (κ1) is 12.6. The monoisotopic (exact) mass is 242 g/mol. The van der Waals surface area contributed by atoms with Crippen molar-refractivity contribution < 1.29 is 14.4 Å². The Morgan fingerprint density at radius 2 is 1.62 bits per heavy atom. The molecule has 86 valence electrons. The van der Waals surface area contributed by atoms with Crippen LogP contribution in [0.3, 0.4) is 0 Å². The van der Waals surface area contributed by atoms with Crippen LogP contribution >= 0.6 is 12.4 Å². The summed E-state index contributed by atoms with van der Waals surface area (Å²) in [4.78, 5) is 28.3. The summed E-state index contributed by atoms with van der Waals surface area (Å²) in [5.74, 6) is -0.854. The number of hydroxylamine groups is 2. The van der Waals surface area contributed by atoms with Crippen LogP contribution in [0.5, 0.6) is 0 Å². The van der Waals surface area contributed by atoms with Crippen LogP contribution < -0.4 is 5.73 Å². The molecule has 0 saturated carbocycles. The molecule has 2 rings (SSSR count). The van der Waals surface area contributed by atoms with Gasteiger partial charge < -0.3 is 5.73 Å². The van der Waals surface area contributed by atoms with Crippen molar-refractivity contribution in [1.82, 2.24) is 5.06 Å². The fourth-order valence-electron chi connectivity index (χ4n) is 1.43. The Kier molecular flexibility index (Phi) is 4.00. The largest absolute Gasteiger partial charge is 0.328 e. The molecule has 5 nitrogen and oxygen atoms in total. The van der Waals surface area contributed by atoms with Crippen molar-refractivity contribution in [2.24, 2.45) is 5.73 Å². The van der Waals surface area contributed by atoms with Crippen LogP contribution in [0.4, 0.5) is 0 Å². The van der Waals surface area contributed by atoms with Gasteiger partial charge in [0.1, 0.15) is 0 Å². The summed E-state index contributed by atoms with van der Waals surface area (Å²) >= 11 is 0. The molecule has 1 aromatic carbocycles. The molecule has 0 radical (unpaired) electrons. The van der Waals surface area contributed by atoms with E-state index in [4.69, 9.17) is 10.6 Å². The highest BCUT2D eigenvalue weighted by Gasteiger charge is 2.36. The molecular formula is C10H11ClN2O3. The Morgan fingerprint density at radius 1 is 1.12 bits per heavy atom. The molecule has 1 aliphatic heterocycles. The van der Waals surface area contributed by atoms with Crippen molar-refractivity contribution in [2.45, 2.75) is 0 Å². The molecule has 6 heteroatoms. The summed E-state index contributed by atoms with van der Waals surface area (Å²) in [6.07, 6.45) is 0. The van der Waals surface area contributed by atoms with Crippen LogP contribution in [-0.2, 0) is 4.84 Å². The van der Waals surface area contributed by atoms with E-state index in [2.05, 4.69) is 0 Å². The maximum absolute atomic E-state index is 11.7. The van der Waals surface area contributed by atoms with Gasteiger partial charge in [0.05, 0.1) is 17.7 Å². The van der Waals surface area contributed by atoms with Gasteiger partial charge in [-0.15, -0.1) is 17.5 Å². The van der Waals surface area contributed by atoms with Gasteiger partial charge in [-0.3, -0.25) is 14.4 Å². The molecule has 1 heterocycles. The Morgan fingerprint density at radius 3 is 2.06 bits per heavy atom. The maximum Gasteiger partial charge on any atom is 0.285 e. The second-order valence-corrected chi connectivity index (χ2v) is 3.07. The maximum atomic E-state index is 11.7. The highest BCUT2D eigenvalue weighted by molar-refractivity contribution is 6.20. The van der Waals surface area contributed by atoms with Gasteiger partial charge in [-0.2, -0.15) is 0 Å². The lowest BCUT2D eigenvalue weighted by Crippen LogP contribution is -2.31. The molecule has 0 atom stereocenters. The van der Waals surface area contributed by atoms with Crippen LogP contribution in [0.15, 0.2) is 24.3 Å². The first-order valence-electron chi connectivity index (χ1n) is 4.56. The van der Waals surface area contributed by atoms with E-state index in [-0.39, 0.29) is 25.6 Å². The molecule has 1 aromatic rings. The molecule has 0 fully saturated rings. The molecular weight excluding hydrogens is 232 g/mol. The number of nitrogens with zero attached hydrogens (tertiary/aromatic N) is 1. The van der Waals surface area contributed by atoms with Gasteiger partial charge in [0.15, 0.2) is 0 Å². The number of hydrogen-bond acceptors (Lipinski definition) is 4. The smallest absolute Gasteiger partial charge is 0.285 e. The average molecular weight is 243 g/mol. The summed E-state index contributed by atoms with van der Waals surface area (Å²) in [5, 5.41) is 0.761. The number of benzene rings is 1. The zero-order valence-corrected chi connectivity index (χ0v) is 9.20. The molecule has 1 aliphatic rings. The number of carbonyl (C=O) groups is 2. The molecule has 0 saturated heterocycles. The zero-order chi connectivity index (χ0) is 10.8. The van der Waals surface area contributed by atoms with E-state index in [0.29, 0.717) is 11.1 Å². The molecule has 0 bridgehead atoms. The van der Waals surface area contributed by atoms with Crippen LogP contribution in [0, 0.1) is 0 Å². The minimum atomic E-state index is -0.427. The number of imide groups is 1. The first-order chi connectivity index (χ1) is 7.25. The van der Waals surface area contributed by atoms with Crippen molar-refractivity contribution in [1.29, 1.82) is 0 Å². The van der Waals surface area contributed by atoms with E-state index in [9.17, 15) is 9.59 Å². The van der Waals surface area contributed by atoms with Gasteiger partial charge in [-0.05, 0) is 12.1 Å². The quantitative estimate of drug-likeness (QED) is 0.788. The Labute approximate surface area is 98.5 Å². The van der Waals surface area contributed by atoms with Crippen LogP contribution in [0.25, 0.3) is 0 Å². The normalized spacial score (nSPS) is 13.7. The molecule has 2 amide bonds. The highest BCUT2D eigenvalue weighted by Crippen LogP contribution is 2.22. The summed E-state index contributed by atoms with van der Waals surface area (Å²) in [6, 6.07) is 6.61. The van der Waals surface area contributed by atoms with E-state index < -0.39 is 11.8 Å². The second-order valence-electron chi connectivity index (χ2n) is 3.07. The Balaban J connectivity index is 0.00000128. The van der Waals surface area contributed by atoms with Gasteiger partial charge >= 0.3 is 0 Å². The Hall–Kier alpha value is -1.43. The minimum Gasteiger partial charge on any atom is -0.328 e. The summed E-state index contributed by atoms with van der Waals surface area (Å²) < 4.78 is 0. The molecule has 0 spiro atoms. The standard InChI is InChI=1S/C10H10N2O3.ClH/c11-5-6-15-12-9(13)7-3-1-2-4-8(7)10(12)14;/h1-4H,5-6,11H2;1H. The molecule has 0 unspecified atom stereocenters. The molecule has 0 aliphatic carbocycles. The van der Waals surface area contributed by atoms with Crippen LogP contribution in [-0.4, -0.2) is 30.0 Å². The Bertz CT molecular complexity index is 387. The molecule has 2 N–H and O–H groups in total. The van der Waals surface area contributed by atoms with Crippen molar-refractivity contribution >= 4 is 24.2 Å². The number of rotatable bonds is 3. The predicted molar refractivity (Wildman–Crippen MR) is 59.2 cm³/mol. The van der Waals surface area contributed by atoms with Crippen molar-refractivity contribution in [2.75, 3.05) is 13.2 Å². The van der Waals surface area contributed by atoms with Crippen molar-refractivity contribution in [3.63, 3.8) is 0 Å². The number of nitrogens with two attached hydrogens (primary N) is 1. The van der Waals surface area contributed by atoms with Crippen molar-refractivity contribution in [3.8, 4) is 0 Å². The summed E-state index contributed by atoms with van der Waals surface area (Å²) in [6.45, 7) is 0.402. The molecule has 0 aromatic heterocycles. The van der Waals surface area contributed by atoms with Gasteiger partial charge in [0, 0.05) is 6.54 Å². The minimum absolute atomic E-state index is 0. The summed E-state index contributed by atoms with van der Waals surface area (Å²) in [5.41, 5.74) is 5.98. The van der Waals surface area contributed by atoms with Gasteiger partial charge in [-0.25, -0.2) is 0 Å². The zero-order valence-electron chi connectivity index (χ0n) is 8.38. The summed E-state index contributed by atoms with van der Waals surface area (Å²) in [7, 11) is 0. The lowest BCUT2D eigenvalue weighted by molar-refractivity contribution is -0.0882. The highest BCUT2D eigenvalue weighted by atomic mass is 35.5. The predicted octanol–water partition coefficient (Wildman–Crippen LogP) is 0.595. The van der Waals surface area contributed by atoms with Crippen LogP contribution in [0.1, 0.15) is 20.7 Å². The second kappa shape index (κ2) is 5.07. The topological polar surface area (TPSA) is 72.6 Å². The van der Waals surface area contributed by atoms with Gasteiger partial charge in [-0.1, -0.05) is 12.1 Å². The molecule has 16 heavy (non-hydrogen) atoms. The van der Waals surface area contributed by atoms with E-state index in [1.165, 1.54) is 0 Å². The number of fused-ring (bicyclic) bond motifs is 1. The SMILES string of the molecule is Cl.NCCON1C(=O)c2ccccc2C1=O. The van der Waals surface area contributed by atoms with Crippen molar-refractivity contribution in [3.05, 3.63) is 35.4 Å². The van der Waals surface area contributed by atoms with E-state index in [0.717, 1.165) is 5.06 Å². The van der Waals surface area contributed by atoms with E-state index in [1.807, 2.05) is 0 Å². The van der Waals surface area contributed by atoms with Crippen LogP contribution in [0.2, 0.25) is 0 Å². The number of halogens is 1. The number of carbonyl (C=O) groups excluding carboxylic acids is 2. The lowest BCUT2D eigenvalue weighted by atomic mass is 10.1. The lowest BCUT2D eigenvalue weighted by Gasteiger charge is -2.11. The third-order valence-electron chi connectivity index (χ3n) is 2.10. The van der Waals surface area contributed by atoms with Gasteiger partial charge in [0.25, 0.3) is 11.8 Å². The average Bonchev–Trinajstić information content (AvgIpc) is 2.51. The first-order valence-corrected chi connectivity index (χ1v) is 4.56. The van der Waals surface area contributed by atoms with E-state index >= 15 is 0 Å². The number of hydrogen-bond donors (Lipinski definition) is 1. The third kappa shape index (κ3) is 1.92.